The Kier molecular flexibility index (Phi) is 9.15. The number of phenolic OH excluding ortho intramolecular Hbond substituents is 1. The van der Waals surface area contributed by atoms with Crippen LogP contribution in [0.15, 0.2) is 65.8 Å². The van der Waals surface area contributed by atoms with E-state index < -0.39 is 17.6 Å². The van der Waals surface area contributed by atoms with Crippen molar-refractivity contribution in [1.82, 2.24) is 10.7 Å². The summed E-state index contributed by atoms with van der Waals surface area (Å²) in [6.45, 7) is 1.20. The number of phenols is 1. The minimum atomic E-state index is -4.35. The first-order valence-corrected chi connectivity index (χ1v) is 11.0. The number of ether oxygens (including phenoxy) is 2. The number of halogens is 4. The lowest BCUT2D eigenvalue weighted by molar-refractivity contribution is -0.137. The van der Waals surface area contributed by atoms with Crippen LogP contribution in [0.2, 0.25) is 5.02 Å². The first-order chi connectivity index (χ1) is 17.2. The third kappa shape index (κ3) is 7.62. The van der Waals surface area contributed by atoms with E-state index in [0.29, 0.717) is 36.8 Å². The molecule has 0 saturated carbocycles. The Morgan fingerprint density at radius 3 is 2.53 bits per heavy atom. The summed E-state index contributed by atoms with van der Waals surface area (Å²) in [7, 11) is 1.49. The Morgan fingerprint density at radius 2 is 1.86 bits per heavy atom. The van der Waals surface area contributed by atoms with Gasteiger partial charge in [-0.3, -0.25) is 4.79 Å². The molecule has 3 aromatic carbocycles. The second kappa shape index (κ2) is 12.3. The summed E-state index contributed by atoms with van der Waals surface area (Å²) >= 11 is 5.81. The van der Waals surface area contributed by atoms with Crippen LogP contribution in [0.5, 0.6) is 17.2 Å². The lowest BCUT2D eigenvalue weighted by Crippen LogP contribution is -2.20. The Balaban J connectivity index is 1.46. The number of amides is 1. The number of rotatable bonds is 10. The molecule has 11 heteroatoms. The molecule has 1 amide bonds. The predicted octanol–water partition coefficient (Wildman–Crippen LogP) is 5.01. The smallest absolute Gasteiger partial charge is 0.416 e. The summed E-state index contributed by atoms with van der Waals surface area (Å²) in [5, 5.41) is 16.5. The molecule has 0 saturated heterocycles. The number of alkyl halides is 3. The van der Waals surface area contributed by atoms with Crippen molar-refractivity contribution < 1.29 is 32.5 Å². The average molecular weight is 522 g/mol. The number of carbonyl (C=O) groups is 1. The van der Waals surface area contributed by atoms with E-state index in [1.54, 1.807) is 18.2 Å². The van der Waals surface area contributed by atoms with Crippen molar-refractivity contribution in [1.29, 1.82) is 0 Å². The molecule has 0 atom stereocenters. The van der Waals surface area contributed by atoms with E-state index >= 15 is 0 Å². The van der Waals surface area contributed by atoms with Gasteiger partial charge in [0.15, 0.2) is 0 Å². The van der Waals surface area contributed by atoms with Crippen molar-refractivity contribution in [3.05, 3.63) is 87.9 Å². The first kappa shape index (κ1) is 26.8. The largest absolute Gasteiger partial charge is 0.506 e. The Morgan fingerprint density at radius 1 is 1.11 bits per heavy atom. The summed E-state index contributed by atoms with van der Waals surface area (Å²) in [4.78, 5) is 12.2. The number of aromatic hydroxyl groups is 1. The van der Waals surface area contributed by atoms with Crippen molar-refractivity contribution in [3.8, 4) is 17.2 Å². The van der Waals surface area contributed by atoms with Crippen LogP contribution in [-0.4, -0.2) is 37.5 Å². The number of nitrogens with zero attached hydrogens (tertiary/aromatic N) is 1. The lowest BCUT2D eigenvalue weighted by atomic mass is 10.1. The SMILES string of the molecule is COc1cc(OCCNCc2ccc(C(F)(F)F)cc2)ccc1/C=N/NC(=O)c1ccc(O)c(Cl)c1. The number of hydrazone groups is 1. The van der Waals surface area contributed by atoms with E-state index in [1.807, 2.05) is 0 Å². The van der Waals surface area contributed by atoms with E-state index in [1.165, 1.54) is 43.7 Å². The normalized spacial score (nSPS) is 11.5. The topological polar surface area (TPSA) is 92.2 Å². The molecule has 0 aliphatic carbocycles. The molecular weight excluding hydrogens is 499 g/mol. The molecule has 0 fully saturated rings. The monoisotopic (exact) mass is 521 g/mol. The third-order valence-corrected chi connectivity index (χ3v) is 5.25. The predicted molar refractivity (Wildman–Crippen MR) is 130 cm³/mol. The molecule has 3 rings (SSSR count). The highest BCUT2D eigenvalue weighted by Gasteiger charge is 2.29. The standard InChI is InChI=1S/C25H23ClF3N3O4/c1-35-23-13-20(36-11-10-30-14-16-2-6-19(7-3-16)25(27,28)29)8-4-18(23)15-31-32-24(34)17-5-9-22(33)21(26)12-17/h2-9,12-13,15,30,33H,10-11,14H2,1H3,(H,32,34)/b31-15+. The van der Waals surface area contributed by atoms with Crippen LogP contribution in [0.25, 0.3) is 0 Å². The summed E-state index contributed by atoms with van der Waals surface area (Å²) in [6.07, 6.45) is -2.94. The molecule has 0 aromatic heterocycles. The summed E-state index contributed by atoms with van der Waals surface area (Å²) in [5.41, 5.74) is 3.25. The highest BCUT2D eigenvalue weighted by Crippen LogP contribution is 2.29. The van der Waals surface area contributed by atoms with E-state index in [2.05, 4.69) is 15.8 Å². The lowest BCUT2D eigenvalue weighted by Gasteiger charge is -2.11. The summed E-state index contributed by atoms with van der Waals surface area (Å²) in [6, 6.07) is 14.1. The van der Waals surface area contributed by atoms with Crippen LogP contribution in [0.4, 0.5) is 13.2 Å². The molecule has 0 unspecified atom stereocenters. The molecule has 36 heavy (non-hydrogen) atoms. The molecule has 0 spiro atoms. The molecule has 0 heterocycles. The minimum absolute atomic E-state index is 0.0543. The number of nitrogens with one attached hydrogen (secondary N) is 2. The van der Waals surface area contributed by atoms with Gasteiger partial charge in [0.1, 0.15) is 23.9 Å². The zero-order valence-corrected chi connectivity index (χ0v) is 19.9. The second-order valence-electron chi connectivity index (χ2n) is 7.49. The van der Waals surface area contributed by atoms with Crippen LogP contribution >= 0.6 is 11.6 Å². The molecule has 3 N–H and O–H groups in total. The fraction of sp³-hybridized carbons (Fsp3) is 0.200. The summed E-state index contributed by atoms with van der Waals surface area (Å²) in [5.74, 6) is 0.383. The van der Waals surface area contributed by atoms with E-state index in [0.717, 1.165) is 17.7 Å². The molecule has 190 valence electrons. The molecule has 3 aromatic rings. The highest BCUT2D eigenvalue weighted by molar-refractivity contribution is 6.32. The van der Waals surface area contributed by atoms with Crippen molar-refractivity contribution in [3.63, 3.8) is 0 Å². The average Bonchev–Trinajstić information content (AvgIpc) is 2.85. The fourth-order valence-electron chi connectivity index (χ4n) is 3.05. The van der Waals surface area contributed by atoms with Crippen LogP contribution in [0.1, 0.15) is 27.0 Å². The van der Waals surface area contributed by atoms with Gasteiger partial charge in [0.05, 0.1) is 23.9 Å². The number of hydrogen-bond acceptors (Lipinski definition) is 6. The molecule has 7 nitrogen and oxygen atoms in total. The molecule has 0 radical (unpaired) electrons. The Hall–Kier alpha value is -3.76. The van der Waals surface area contributed by atoms with Crippen LogP contribution < -0.4 is 20.2 Å². The fourth-order valence-corrected chi connectivity index (χ4v) is 3.23. The zero-order valence-electron chi connectivity index (χ0n) is 19.1. The number of methoxy groups -OCH3 is 1. The van der Waals surface area contributed by atoms with Gasteiger partial charge in [-0.25, -0.2) is 5.43 Å². The van der Waals surface area contributed by atoms with Gasteiger partial charge in [0.25, 0.3) is 5.91 Å². The minimum Gasteiger partial charge on any atom is -0.506 e. The summed E-state index contributed by atoms with van der Waals surface area (Å²) < 4.78 is 48.9. The van der Waals surface area contributed by atoms with E-state index in [4.69, 9.17) is 21.1 Å². The number of carbonyl (C=O) groups excluding carboxylic acids is 1. The van der Waals surface area contributed by atoms with E-state index in [9.17, 15) is 23.1 Å². The Bertz CT molecular complexity index is 1220. The second-order valence-corrected chi connectivity index (χ2v) is 7.90. The molecule has 0 aliphatic heterocycles. The molecule has 0 bridgehead atoms. The van der Waals surface area contributed by atoms with Gasteiger partial charge in [-0.15, -0.1) is 0 Å². The van der Waals surface area contributed by atoms with Crippen molar-refractivity contribution in [2.24, 2.45) is 5.10 Å². The number of hydrogen-bond donors (Lipinski definition) is 3. The van der Waals surface area contributed by atoms with Crippen LogP contribution in [0.3, 0.4) is 0 Å². The maximum Gasteiger partial charge on any atom is 0.416 e. The van der Waals surface area contributed by atoms with Gasteiger partial charge in [-0.2, -0.15) is 18.3 Å². The quantitative estimate of drug-likeness (QED) is 0.198. The molecule has 0 aliphatic rings. The Labute approximate surface area is 210 Å². The van der Waals surface area contributed by atoms with Gasteiger partial charge in [0.2, 0.25) is 0 Å². The van der Waals surface area contributed by atoms with Crippen molar-refractivity contribution in [2.75, 3.05) is 20.3 Å². The van der Waals surface area contributed by atoms with Gasteiger partial charge >= 0.3 is 6.18 Å². The van der Waals surface area contributed by atoms with Crippen molar-refractivity contribution in [2.45, 2.75) is 12.7 Å². The van der Waals surface area contributed by atoms with Gasteiger partial charge < -0.3 is 19.9 Å². The van der Waals surface area contributed by atoms with Gasteiger partial charge in [-0.05, 0) is 48.0 Å². The maximum atomic E-state index is 12.6. The van der Waals surface area contributed by atoms with Crippen LogP contribution in [-0.2, 0) is 12.7 Å². The number of benzene rings is 3. The van der Waals surface area contributed by atoms with Gasteiger partial charge in [0, 0.05) is 30.3 Å². The zero-order chi connectivity index (χ0) is 26.1. The third-order valence-electron chi connectivity index (χ3n) is 4.94. The van der Waals surface area contributed by atoms with Crippen molar-refractivity contribution >= 4 is 23.7 Å². The molecular formula is C25H23ClF3N3O4. The maximum absolute atomic E-state index is 12.6. The van der Waals surface area contributed by atoms with Gasteiger partial charge in [-0.1, -0.05) is 23.7 Å². The van der Waals surface area contributed by atoms with Crippen LogP contribution in [0, 0.1) is 0 Å². The highest BCUT2D eigenvalue weighted by atomic mass is 35.5. The first-order valence-electron chi connectivity index (χ1n) is 10.7. The van der Waals surface area contributed by atoms with E-state index in [-0.39, 0.29) is 16.3 Å².